The van der Waals surface area contributed by atoms with E-state index in [9.17, 15) is 9.59 Å². The van der Waals surface area contributed by atoms with Gasteiger partial charge in [0.1, 0.15) is 9.88 Å². The minimum atomic E-state index is -0.343. The maximum absolute atomic E-state index is 13.2. The number of ether oxygens (including phenoxy) is 1. The van der Waals surface area contributed by atoms with Crippen molar-refractivity contribution in [2.75, 3.05) is 31.3 Å². The van der Waals surface area contributed by atoms with Crippen LogP contribution in [0.1, 0.15) is 65.8 Å². The van der Waals surface area contributed by atoms with Crippen LogP contribution >= 0.6 is 11.3 Å². The first-order valence-electron chi connectivity index (χ1n) is 10.2. The van der Waals surface area contributed by atoms with E-state index < -0.39 is 0 Å². The Bertz CT molecular complexity index is 956. The Hall–Kier alpha value is -2.64. The van der Waals surface area contributed by atoms with Crippen molar-refractivity contribution in [2.24, 2.45) is 0 Å². The fourth-order valence-electron chi connectivity index (χ4n) is 3.03. The zero-order valence-electron chi connectivity index (χ0n) is 19.2. The number of carbonyl (C=O) groups excluding carboxylic acids is 2. The monoisotopic (exact) mass is 443 g/mol. The summed E-state index contributed by atoms with van der Waals surface area (Å²) >= 11 is 1.19. The van der Waals surface area contributed by atoms with Gasteiger partial charge in [0, 0.05) is 25.3 Å². The number of nitrogens with two attached hydrogens (primary N) is 1. The Morgan fingerprint density at radius 2 is 1.84 bits per heavy atom. The van der Waals surface area contributed by atoms with E-state index >= 15 is 0 Å². The van der Waals surface area contributed by atoms with Crippen LogP contribution < -0.4 is 16.4 Å². The third-order valence-corrected chi connectivity index (χ3v) is 5.90. The molecule has 0 bridgehead atoms. The third-order valence-electron chi connectivity index (χ3n) is 4.74. The van der Waals surface area contributed by atoms with E-state index in [-0.39, 0.29) is 34.4 Å². The summed E-state index contributed by atoms with van der Waals surface area (Å²) in [6.45, 7) is 14.8. The molecule has 7 heteroatoms. The molecular weight excluding hydrogens is 410 g/mol. The van der Waals surface area contributed by atoms with Gasteiger partial charge in [0.05, 0.1) is 17.9 Å². The molecule has 1 atom stereocenters. The maximum atomic E-state index is 13.2. The SMILES string of the molecule is C=C(C)CNc1sc(C(=O)c2ccc(C(C)(C)C)cc2)c(N)c1C(=O)NC(C)COC. The van der Waals surface area contributed by atoms with Crippen molar-refractivity contribution in [3.05, 3.63) is 58.0 Å². The van der Waals surface area contributed by atoms with Crippen LogP contribution in [-0.2, 0) is 10.2 Å². The molecule has 0 saturated heterocycles. The molecule has 0 aliphatic heterocycles. The van der Waals surface area contributed by atoms with Crippen molar-refractivity contribution in [1.29, 1.82) is 0 Å². The third kappa shape index (κ3) is 6.18. The van der Waals surface area contributed by atoms with Crippen LogP contribution in [-0.4, -0.2) is 38.0 Å². The number of nitrogens with one attached hydrogen (secondary N) is 2. The normalized spacial score (nSPS) is 12.3. The van der Waals surface area contributed by atoms with E-state index in [2.05, 4.69) is 38.0 Å². The Labute approximate surface area is 188 Å². The summed E-state index contributed by atoms with van der Waals surface area (Å²) in [6, 6.07) is 7.33. The first-order valence-corrected chi connectivity index (χ1v) is 11.0. The number of anilines is 2. The highest BCUT2D eigenvalue weighted by atomic mass is 32.1. The molecule has 2 aromatic rings. The Morgan fingerprint density at radius 1 is 1.23 bits per heavy atom. The first-order chi connectivity index (χ1) is 14.5. The van der Waals surface area contributed by atoms with Crippen LogP contribution in [0.2, 0.25) is 0 Å². The van der Waals surface area contributed by atoms with Gasteiger partial charge >= 0.3 is 0 Å². The zero-order valence-corrected chi connectivity index (χ0v) is 20.0. The summed E-state index contributed by atoms with van der Waals surface area (Å²) in [5.74, 6) is -0.546. The Morgan fingerprint density at radius 3 is 2.35 bits per heavy atom. The molecule has 31 heavy (non-hydrogen) atoms. The number of hydrogen-bond acceptors (Lipinski definition) is 6. The van der Waals surface area contributed by atoms with E-state index in [1.54, 1.807) is 7.11 Å². The first kappa shape index (κ1) is 24.6. The summed E-state index contributed by atoms with van der Waals surface area (Å²) in [4.78, 5) is 26.5. The summed E-state index contributed by atoms with van der Waals surface area (Å²) in [5, 5.41) is 6.61. The molecule has 0 saturated carbocycles. The van der Waals surface area contributed by atoms with Gasteiger partial charge in [0.15, 0.2) is 0 Å². The van der Waals surface area contributed by atoms with Crippen LogP contribution in [0.3, 0.4) is 0 Å². The molecule has 0 spiro atoms. The molecule has 0 aliphatic carbocycles. The highest BCUT2D eigenvalue weighted by molar-refractivity contribution is 7.19. The van der Waals surface area contributed by atoms with Gasteiger partial charge in [-0.3, -0.25) is 9.59 Å². The molecule has 1 unspecified atom stereocenters. The molecule has 0 radical (unpaired) electrons. The minimum Gasteiger partial charge on any atom is -0.397 e. The molecular formula is C24H33N3O3S. The quantitative estimate of drug-likeness (QED) is 0.389. The second kappa shape index (κ2) is 10.1. The number of nitrogen functional groups attached to an aromatic ring is 1. The van der Waals surface area contributed by atoms with E-state index in [4.69, 9.17) is 10.5 Å². The second-order valence-corrected chi connectivity index (χ2v) is 9.87. The number of amides is 1. The lowest BCUT2D eigenvalue weighted by atomic mass is 9.86. The van der Waals surface area contributed by atoms with Gasteiger partial charge in [-0.05, 0) is 24.8 Å². The van der Waals surface area contributed by atoms with Crippen LogP contribution in [0.5, 0.6) is 0 Å². The Kier molecular flexibility index (Phi) is 8.03. The predicted octanol–water partition coefficient (Wildman–Crippen LogP) is 4.61. The fourth-order valence-corrected chi connectivity index (χ4v) is 4.11. The van der Waals surface area contributed by atoms with Crippen LogP contribution in [0.15, 0.2) is 36.4 Å². The van der Waals surface area contributed by atoms with Crippen molar-refractivity contribution < 1.29 is 14.3 Å². The van der Waals surface area contributed by atoms with Gasteiger partial charge in [-0.25, -0.2) is 0 Å². The summed E-state index contributed by atoms with van der Waals surface area (Å²) < 4.78 is 5.09. The Balaban J connectivity index is 2.41. The molecule has 168 valence electrons. The average Bonchev–Trinajstić information content (AvgIpc) is 3.01. The highest BCUT2D eigenvalue weighted by Crippen LogP contribution is 2.37. The van der Waals surface area contributed by atoms with Gasteiger partial charge in [-0.2, -0.15) is 0 Å². The van der Waals surface area contributed by atoms with E-state index in [1.807, 2.05) is 38.1 Å². The predicted molar refractivity (Wildman–Crippen MR) is 129 cm³/mol. The van der Waals surface area contributed by atoms with Gasteiger partial charge in [0.2, 0.25) is 5.78 Å². The number of ketones is 1. The van der Waals surface area contributed by atoms with Crippen LogP contribution in [0.4, 0.5) is 10.7 Å². The van der Waals surface area contributed by atoms with E-state index in [0.717, 1.165) is 11.1 Å². The lowest BCUT2D eigenvalue weighted by molar-refractivity contribution is 0.0907. The van der Waals surface area contributed by atoms with Crippen LogP contribution in [0, 0.1) is 0 Å². The fraction of sp³-hybridized carbons (Fsp3) is 0.417. The lowest BCUT2D eigenvalue weighted by Gasteiger charge is -2.18. The molecule has 4 N–H and O–H groups in total. The van der Waals surface area contributed by atoms with Crippen molar-refractivity contribution in [1.82, 2.24) is 5.32 Å². The smallest absolute Gasteiger partial charge is 0.256 e. The average molecular weight is 444 g/mol. The van der Waals surface area contributed by atoms with Crippen molar-refractivity contribution in [3.8, 4) is 0 Å². The number of hydrogen-bond donors (Lipinski definition) is 3. The molecule has 6 nitrogen and oxygen atoms in total. The van der Waals surface area contributed by atoms with Crippen LogP contribution in [0.25, 0.3) is 0 Å². The minimum absolute atomic E-state index is 0.00662. The lowest BCUT2D eigenvalue weighted by Crippen LogP contribution is -2.36. The maximum Gasteiger partial charge on any atom is 0.256 e. The highest BCUT2D eigenvalue weighted by Gasteiger charge is 2.27. The molecule has 1 aromatic heterocycles. The summed E-state index contributed by atoms with van der Waals surface area (Å²) in [7, 11) is 1.57. The number of thiophene rings is 1. The largest absolute Gasteiger partial charge is 0.397 e. The van der Waals surface area contributed by atoms with Gasteiger partial charge in [-0.15, -0.1) is 11.3 Å². The van der Waals surface area contributed by atoms with E-state index in [1.165, 1.54) is 11.3 Å². The molecule has 2 rings (SSSR count). The van der Waals surface area contributed by atoms with Gasteiger partial charge in [-0.1, -0.05) is 57.2 Å². The molecule has 1 aromatic carbocycles. The second-order valence-electron chi connectivity index (χ2n) is 8.85. The topological polar surface area (TPSA) is 93.5 Å². The van der Waals surface area contributed by atoms with Crippen molar-refractivity contribution in [3.63, 3.8) is 0 Å². The van der Waals surface area contributed by atoms with Crippen molar-refractivity contribution in [2.45, 2.75) is 46.1 Å². The molecule has 0 aliphatic rings. The molecule has 1 amide bonds. The standard InChI is InChI=1S/C24H33N3O3S/c1-14(2)12-26-23-18(22(29)27-15(3)13-30-7)19(25)21(31-23)20(28)16-8-10-17(11-9-16)24(4,5)6/h8-11,15,26H,1,12-13,25H2,2-7H3,(H,27,29). The number of rotatable bonds is 9. The summed E-state index contributed by atoms with van der Waals surface area (Å²) in [5.41, 5.74) is 9.36. The number of benzene rings is 1. The summed E-state index contributed by atoms with van der Waals surface area (Å²) in [6.07, 6.45) is 0. The molecule has 0 fully saturated rings. The molecule has 1 heterocycles. The van der Waals surface area contributed by atoms with Gasteiger partial charge < -0.3 is 21.1 Å². The number of methoxy groups -OCH3 is 1. The van der Waals surface area contributed by atoms with Crippen molar-refractivity contribution >= 4 is 33.7 Å². The van der Waals surface area contributed by atoms with Gasteiger partial charge in [0.25, 0.3) is 5.91 Å². The van der Waals surface area contributed by atoms with E-state index in [0.29, 0.717) is 28.6 Å². The number of carbonyl (C=O) groups is 2. The zero-order chi connectivity index (χ0) is 23.3.